The molecule has 6 rings (SSSR count). The van der Waals surface area contributed by atoms with Crippen molar-refractivity contribution in [1.82, 2.24) is 5.32 Å². The number of nitrogens with zero attached hydrogens (tertiary/aromatic N) is 2. The van der Waals surface area contributed by atoms with Crippen LogP contribution in [0.3, 0.4) is 0 Å². The molecule has 50 heavy (non-hydrogen) atoms. The van der Waals surface area contributed by atoms with E-state index in [0.29, 0.717) is 18.4 Å². The van der Waals surface area contributed by atoms with E-state index in [4.69, 9.17) is 33.4 Å². The summed E-state index contributed by atoms with van der Waals surface area (Å²) in [6, 6.07) is 6.67. The molecule has 13 nitrogen and oxygen atoms in total. The number of allylic oxidation sites excluding steroid dienone is 1. The number of nitrogens with one attached hydrogen (secondary N) is 1. The Balaban J connectivity index is 1.81. The summed E-state index contributed by atoms with van der Waals surface area (Å²) in [6.07, 6.45) is 8.49. The Kier molecular flexibility index (Phi) is 9.48. The van der Waals surface area contributed by atoms with Gasteiger partial charge in [0.15, 0.2) is 5.76 Å². The van der Waals surface area contributed by atoms with Crippen LogP contribution in [0.4, 0.5) is 0 Å². The summed E-state index contributed by atoms with van der Waals surface area (Å²) in [5, 5.41) is 14.2. The Morgan fingerprint density at radius 2 is 1.48 bits per heavy atom. The third kappa shape index (κ3) is 5.06. The molecule has 0 unspecified atom stereocenters. The van der Waals surface area contributed by atoms with E-state index in [1.165, 1.54) is 0 Å². The molecule has 0 amide bonds. The van der Waals surface area contributed by atoms with E-state index in [1.807, 2.05) is 0 Å². The molecule has 2 heterocycles. The lowest BCUT2D eigenvalue weighted by molar-refractivity contribution is -0.167. The number of aryl methyl sites for hydroxylation is 1. The van der Waals surface area contributed by atoms with Gasteiger partial charge in [0.2, 0.25) is 16.9 Å². The van der Waals surface area contributed by atoms with Gasteiger partial charge in [-0.15, -0.1) is 0 Å². The summed E-state index contributed by atoms with van der Waals surface area (Å²) in [6.45, 7) is 1.78. The average Bonchev–Trinajstić information content (AvgIpc) is 3.62. The smallest absolute Gasteiger partial charge is 0.344 e. The standard InChI is InChI=1S/C37H41N3O10/c1-20-16-17-25-24(18-20)37(27(33(42)46-3)26(32(41)45-2)31(50-37)40-22-14-10-7-11-15-22)36(35(44)48-5)28(34(43)47-4)29(23(19-38)30(36)49-25)39-21-12-8-6-9-13-21/h16-18,21-22,39H,6-15H2,1-5H3/t36-,37+/m1/s1. The van der Waals surface area contributed by atoms with Crippen molar-refractivity contribution in [3.8, 4) is 11.8 Å². The summed E-state index contributed by atoms with van der Waals surface area (Å²) in [5.41, 5.74) is -5.66. The molecule has 2 aliphatic heterocycles. The van der Waals surface area contributed by atoms with Crippen LogP contribution in [0.1, 0.15) is 75.3 Å². The number of hydrogen-bond acceptors (Lipinski definition) is 13. The second-order valence-electron chi connectivity index (χ2n) is 13.1. The van der Waals surface area contributed by atoms with Gasteiger partial charge in [0.1, 0.15) is 28.5 Å². The minimum Gasteiger partial charge on any atom is -0.468 e. The highest BCUT2D eigenvalue weighted by atomic mass is 16.6. The summed E-state index contributed by atoms with van der Waals surface area (Å²) in [5.74, 6) is -4.66. The fourth-order valence-corrected chi connectivity index (χ4v) is 8.15. The molecule has 1 aromatic carbocycles. The first-order chi connectivity index (χ1) is 24.1. The molecule has 0 radical (unpaired) electrons. The number of aliphatic imine (C=N–C) groups is 1. The lowest BCUT2D eigenvalue weighted by Gasteiger charge is -2.48. The van der Waals surface area contributed by atoms with Gasteiger partial charge in [-0.2, -0.15) is 5.26 Å². The molecule has 0 bridgehead atoms. The number of methoxy groups -OCH3 is 4. The van der Waals surface area contributed by atoms with Gasteiger partial charge in [-0.05, 0) is 44.7 Å². The van der Waals surface area contributed by atoms with Crippen LogP contribution in [0.2, 0.25) is 0 Å². The highest BCUT2D eigenvalue weighted by molar-refractivity contribution is 6.25. The maximum Gasteiger partial charge on any atom is 0.344 e. The van der Waals surface area contributed by atoms with Gasteiger partial charge in [-0.25, -0.2) is 19.4 Å². The SMILES string of the molecule is COC(=O)C1=C(C(=O)OC)[C@@]2(OC1=NC1CCCCC1)c1cc(C)ccc1OC1=C(C#N)C(NC3CCCCC3)=C(C(=O)OC)[C@]12C(=O)OC. The zero-order valence-corrected chi connectivity index (χ0v) is 28.9. The second kappa shape index (κ2) is 13.7. The van der Waals surface area contributed by atoms with E-state index >= 15 is 0 Å². The predicted octanol–water partition coefficient (Wildman–Crippen LogP) is 4.29. The van der Waals surface area contributed by atoms with E-state index in [2.05, 4.69) is 11.4 Å². The Morgan fingerprint density at radius 3 is 2.08 bits per heavy atom. The first kappa shape index (κ1) is 34.7. The number of nitriles is 1. The number of rotatable bonds is 7. The number of fused-ring (bicyclic) bond motifs is 4. The summed E-state index contributed by atoms with van der Waals surface area (Å²) < 4.78 is 34.8. The first-order valence-electron chi connectivity index (χ1n) is 16.9. The van der Waals surface area contributed by atoms with Crippen molar-refractivity contribution in [2.45, 2.75) is 88.8 Å². The molecule has 13 heteroatoms. The Morgan fingerprint density at radius 1 is 0.860 bits per heavy atom. The topological polar surface area (TPSA) is 172 Å². The van der Waals surface area contributed by atoms with Crippen LogP contribution in [0.5, 0.6) is 5.75 Å². The van der Waals surface area contributed by atoms with E-state index in [9.17, 15) is 24.4 Å². The molecule has 0 aromatic heterocycles. The van der Waals surface area contributed by atoms with E-state index < -0.39 is 40.5 Å². The molecule has 1 N–H and O–H groups in total. The van der Waals surface area contributed by atoms with Crippen molar-refractivity contribution < 1.29 is 47.6 Å². The zero-order chi connectivity index (χ0) is 35.8. The van der Waals surface area contributed by atoms with Gasteiger partial charge >= 0.3 is 23.9 Å². The number of benzene rings is 1. The summed E-state index contributed by atoms with van der Waals surface area (Å²) in [4.78, 5) is 62.3. The van der Waals surface area contributed by atoms with Crippen LogP contribution in [0.15, 0.2) is 56.9 Å². The van der Waals surface area contributed by atoms with E-state index in [1.54, 1.807) is 25.1 Å². The average molecular weight is 688 g/mol. The van der Waals surface area contributed by atoms with Crippen LogP contribution >= 0.6 is 0 Å². The summed E-state index contributed by atoms with van der Waals surface area (Å²) in [7, 11) is 4.51. The monoisotopic (exact) mass is 687 g/mol. The van der Waals surface area contributed by atoms with Gasteiger partial charge in [-0.1, -0.05) is 50.2 Å². The fraction of sp³-hybridized carbons (Fsp3) is 0.514. The summed E-state index contributed by atoms with van der Waals surface area (Å²) >= 11 is 0. The maximum atomic E-state index is 14.9. The van der Waals surface area contributed by atoms with Crippen molar-refractivity contribution in [2.75, 3.05) is 28.4 Å². The second-order valence-corrected chi connectivity index (χ2v) is 13.1. The van der Waals surface area contributed by atoms with Crippen LogP contribution in [-0.4, -0.2) is 70.3 Å². The Bertz CT molecular complexity index is 1800. The third-order valence-electron chi connectivity index (χ3n) is 10.4. The number of carbonyl (C=O) groups excluding carboxylic acids is 4. The maximum absolute atomic E-state index is 14.9. The van der Waals surface area contributed by atoms with Gasteiger partial charge in [0.25, 0.3) is 0 Å². The van der Waals surface area contributed by atoms with E-state index in [-0.39, 0.29) is 57.5 Å². The predicted molar refractivity (Wildman–Crippen MR) is 176 cm³/mol. The normalized spacial score (nSPS) is 25.7. The van der Waals surface area contributed by atoms with Crippen LogP contribution in [-0.2, 0) is 48.5 Å². The number of carbonyl (C=O) groups is 4. The lowest BCUT2D eigenvalue weighted by Crippen LogP contribution is -2.60. The zero-order valence-electron chi connectivity index (χ0n) is 28.9. The Labute approximate surface area is 290 Å². The van der Waals surface area contributed by atoms with Gasteiger partial charge < -0.3 is 33.7 Å². The van der Waals surface area contributed by atoms with Gasteiger partial charge in [-0.3, -0.25) is 4.79 Å². The molecular formula is C37H41N3O10. The highest BCUT2D eigenvalue weighted by Crippen LogP contribution is 2.68. The quantitative estimate of drug-likeness (QED) is 0.319. The molecular weight excluding hydrogens is 646 g/mol. The van der Waals surface area contributed by atoms with E-state index in [0.717, 1.165) is 79.8 Å². The Hall–Kier alpha value is -5.12. The van der Waals surface area contributed by atoms with Crippen molar-refractivity contribution in [3.05, 3.63) is 63.1 Å². The minimum atomic E-state index is -2.57. The van der Waals surface area contributed by atoms with Gasteiger partial charge in [0.05, 0.1) is 45.8 Å². The number of esters is 4. The fourth-order valence-electron chi connectivity index (χ4n) is 8.15. The molecule has 1 spiro atoms. The third-order valence-corrected chi connectivity index (χ3v) is 10.4. The molecule has 2 atom stereocenters. The number of ether oxygens (including phenoxy) is 6. The van der Waals surface area contributed by atoms with Gasteiger partial charge in [0, 0.05) is 11.6 Å². The van der Waals surface area contributed by atoms with Crippen LogP contribution in [0.25, 0.3) is 0 Å². The highest BCUT2D eigenvalue weighted by Gasteiger charge is 2.79. The van der Waals surface area contributed by atoms with Crippen LogP contribution < -0.4 is 10.1 Å². The number of hydrogen-bond donors (Lipinski definition) is 1. The minimum absolute atomic E-state index is 0.0133. The molecule has 1 aromatic rings. The largest absolute Gasteiger partial charge is 0.468 e. The molecule has 5 aliphatic rings. The van der Waals surface area contributed by atoms with Crippen LogP contribution in [0, 0.1) is 23.7 Å². The molecule has 2 fully saturated rings. The molecule has 3 aliphatic carbocycles. The molecule has 264 valence electrons. The molecule has 0 saturated heterocycles. The van der Waals surface area contributed by atoms with Crippen molar-refractivity contribution in [1.29, 1.82) is 5.26 Å². The lowest BCUT2D eigenvalue weighted by atomic mass is 9.59. The van der Waals surface area contributed by atoms with Crippen molar-refractivity contribution >= 4 is 29.8 Å². The van der Waals surface area contributed by atoms with Crippen molar-refractivity contribution in [3.63, 3.8) is 0 Å². The van der Waals surface area contributed by atoms with Crippen molar-refractivity contribution in [2.24, 2.45) is 10.4 Å². The first-order valence-corrected chi connectivity index (χ1v) is 16.9. The molecule has 2 saturated carbocycles.